The molecule has 0 radical (unpaired) electrons. The molecule has 1 amide bonds. The van der Waals surface area contributed by atoms with E-state index in [0.29, 0.717) is 6.54 Å². The van der Waals surface area contributed by atoms with Crippen LogP contribution in [0.25, 0.3) is 0 Å². The van der Waals surface area contributed by atoms with E-state index in [2.05, 4.69) is 17.4 Å². The summed E-state index contributed by atoms with van der Waals surface area (Å²) in [6.45, 7) is 4.04. The molecule has 1 aromatic carbocycles. The van der Waals surface area contributed by atoms with E-state index in [9.17, 15) is 9.90 Å². The van der Waals surface area contributed by atoms with Gasteiger partial charge in [-0.25, -0.2) is 0 Å². The van der Waals surface area contributed by atoms with E-state index >= 15 is 0 Å². The summed E-state index contributed by atoms with van der Waals surface area (Å²) in [6.07, 6.45) is 1.35. The van der Waals surface area contributed by atoms with Crippen LogP contribution in [0.15, 0.2) is 24.3 Å². The normalized spacial score (nSPS) is 27.2. The minimum atomic E-state index is -0.326. The van der Waals surface area contributed by atoms with Crippen LogP contribution in [0.2, 0.25) is 0 Å². The van der Waals surface area contributed by atoms with E-state index in [1.165, 1.54) is 11.1 Å². The monoisotopic (exact) mass is 274 g/mol. The van der Waals surface area contributed by atoms with Crippen molar-refractivity contribution in [3.8, 4) is 0 Å². The molecule has 2 aliphatic heterocycles. The molecule has 0 spiro atoms. The Hall–Kier alpha value is -1.39. The predicted molar refractivity (Wildman–Crippen MR) is 77.1 cm³/mol. The molecule has 4 heteroatoms. The van der Waals surface area contributed by atoms with Crippen LogP contribution in [0.4, 0.5) is 0 Å². The van der Waals surface area contributed by atoms with Crippen molar-refractivity contribution in [2.45, 2.75) is 38.5 Å². The number of benzene rings is 1. The molecule has 2 aliphatic rings. The number of fused-ring (bicyclic) bond motifs is 1. The van der Waals surface area contributed by atoms with E-state index < -0.39 is 0 Å². The van der Waals surface area contributed by atoms with Crippen LogP contribution in [-0.2, 0) is 17.8 Å². The van der Waals surface area contributed by atoms with Gasteiger partial charge in [0.15, 0.2) is 0 Å². The lowest BCUT2D eigenvalue weighted by Crippen LogP contribution is -2.49. The third kappa shape index (κ3) is 2.58. The highest BCUT2D eigenvalue weighted by molar-refractivity contribution is 5.82. The number of rotatable bonds is 2. The molecule has 0 saturated carbocycles. The number of likely N-dealkylation sites (tertiary alicyclic amines) is 1. The molecule has 2 N–H and O–H groups in total. The van der Waals surface area contributed by atoms with Crippen molar-refractivity contribution < 1.29 is 9.90 Å². The summed E-state index contributed by atoms with van der Waals surface area (Å²) in [6, 6.07) is 8.18. The Balaban J connectivity index is 1.65. The Morgan fingerprint density at radius 1 is 1.40 bits per heavy atom. The summed E-state index contributed by atoms with van der Waals surface area (Å²) in [5.74, 6) is 0.414. The number of carbonyl (C=O) groups excluding carboxylic acids is 1. The van der Waals surface area contributed by atoms with Gasteiger partial charge in [0.2, 0.25) is 5.91 Å². The molecular weight excluding hydrogens is 252 g/mol. The molecule has 1 aromatic rings. The Bertz CT molecular complexity index is 501. The van der Waals surface area contributed by atoms with Crippen LogP contribution in [0.3, 0.4) is 0 Å². The highest BCUT2D eigenvalue weighted by Crippen LogP contribution is 2.23. The molecule has 3 rings (SSSR count). The third-order valence-electron chi connectivity index (χ3n) is 4.60. The van der Waals surface area contributed by atoms with Gasteiger partial charge >= 0.3 is 0 Å². The van der Waals surface area contributed by atoms with Crippen molar-refractivity contribution in [2.24, 2.45) is 5.92 Å². The van der Waals surface area contributed by atoms with Crippen LogP contribution in [0, 0.1) is 5.92 Å². The molecule has 2 heterocycles. The number of hydrogen-bond donors (Lipinski definition) is 2. The van der Waals surface area contributed by atoms with Crippen molar-refractivity contribution in [1.29, 1.82) is 0 Å². The summed E-state index contributed by atoms with van der Waals surface area (Å²) in [7, 11) is 0. The molecule has 20 heavy (non-hydrogen) atoms. The van der Waals surface area contributed by atoms with Crippen LogP contribution < -0.4 is 5.32 Å². The van der Waals surface area contributed by atoms with E-state index in [1.54, 1.807) is 0 Å². The molecule has 3 atom stereocenters. The summed E-state index contributed by atoms with van der Waals surface area (Å²) in [5.41, 5.74) is 2.57. The molecule has 0 aromatic heterocycles. The van der Waals surface area contributed by atoms with Gasteiger partial charge in [0.25, 0.3) is 0 Å². The zero-order valence-electron chi connectivity index (χ0n) is 11.9. The molecular formula is C16H22N2O2. The lowest BCUT2D eigenvalue weighted by atomic mass is 9.95. The first-order chi connectivity index (χ1) is 9.65. The van der Waals surface area contributed by atoms with Gasteiger partial charge in [-0.3, -0.25) is 4.79 Å². The highest BCUT2D eigenvalue weighted by Gasteiger charge is 2.33. The highest BCUT2D eigenvalue weighted by atomic mass is 16.3. The van der Waals surface area contributed by atoms with Crippen molar-refractivity contribution >= 4 is 5.91 Å². The fourth-order valence-electron chi connectivity index (χ4n) is 3.23. The Kier molecular flexibility index (Phi) is 3.76. The lowest BCUT2D eigenvalue weighted by molar-refractivity contribution is -0.132. The van der Waals surface area contributed by atoms with Gasteiger partial charge in [-0.05, 0) is 30.9 Å². The summed E-state index contributed by atoms with van der Waals surface area (Å²) >= 11 is 0. The smallest absolute Gasteiger partial charge is 0.240 e. The minimum Gasteiger partial charge on any atom is -0.393 e. The van der Waals surface area contributed by atoms with Crippen molar-refractivity contribution in [1.82, 2.24) is 10.2 Å². The molecule has 3 unspecified atom stereocenters. The SMILES string of the molecule is CC(O)C1CCN(C(=O)C2Cc3ccccc3CN2)C1. The second kappa shape index (κ2) is 5.54. The minimum absolute atomic E-state index is 0.113. The summed E-state index contributed by atoms with van der Waals surface area (Å²) < 4.78 is 0. The van der Waals surface area contributed by atoms with Crippen LogP contribution in [-0.4, -0.2) is 41.1 Å². The van der Waals surface area contributed by atoms with Gasteiger partial charge in [0, 0.05) is 25.6 Å². The Morgan fingerprint density at radius 2 is 2.15 bits per heavy atom. The second-order valence-electron chi connectivity index (χ2n) is 5.98. The fourth-order valence-corrected chi connectivity index (χ4v) is 3.23. The van der Waals surface area contributed by atoms with Gasteiger partial charge in [0.1, 0.15) is 0 Å². The second-order valence-corrected chi connectivity index (χ2v) is 5.98. The molecule has 1 saturated heterocycles. The predicted octanol–water partition coefficient (Wildman–Crippen LogP) is 0.930. The van der Waals surface area contributed by atoms with Gasteiger partial charge in [0.05, 0.1) is 12.1 Å². The molecule has 0 aliphatic carbocycles. The Morgan fingerprint density at radius 3 is 2.85 bits per heavy atom. The van der Waals surface area contributed by atoms with E-state index in [-0.39, 0.29) is 24.0 Å². The first-order valence-electron chi connectivity index (χ1n) is 7.42. The van der Waals surface area contributed by atoms with Crippen LogP contribution >= 0.6 is 0 Å². The van der Waals surface area contributed by atoms with Gasteiger partial charge in [-0.1, -0.05) is 24.3 Å². The molecule has 4 nitrogen and oxygen atoms in total. The Labute approximate surface area is 119 Å². The average Bonchev–Trinajstić information content (AvgIpc) is 2.96. The van der Waals surface area contributed by atoms with Crippen molar-refractivity contribution in [3.05, 3.63) is 35.4 Å². The number of nitrogens with one attached hydrogen (secondary N) is 1. The van der Waals surface area contributed by atoms with E-state index in [1.807, 2.05) is 24.0 Å². The molecule has 108 valence electrons. The van der Waals surface area contributed by atoms with Crippen molar-refractivity contribution in [2.75, 3.05) is 13.1 Å². The van der Waals surface area contributed by atoms with Crippen LogP contribution in [0.1, 0.15) is 24.5 Å². The zero-order chi connectivity index (χ0) is 14.1. The lowest BCUT2D eigenvalue weighted by Gasteiger charge is -2.29. The van der Waals surface area contributed by atoms with E-state index in [0.717, 1.165) is 25.9 Å². The quantitative estimate of drug-likeness (QED) is 0.843. The maximum atomic E-state index is 12.6. The number of carbonyl (C=O) groups is 1. The number of aliphatic hydroxyl groups excluding tert-OH is 1. The zero-order valence-corrected chi connectivity index (χ0v) is 11.9. The van der Waals surface area contributed by atoms with Gasteiger partial charge in [-0.15, -0.1) is 0 Å². The van der Waals surface area contributed by atoms with Gasteiger partial charge < -0.3 is 15.3 Å². The summed E-state index contributed by atoms with van der Waals surface area (Å²) in [4.78, 5) is 14.5. The first-order valence-corrected chi connectivity index (χ1v) is 7.42. The molecule has 0 bridgehead atoms. The maximum absolute atomic E-state index is 12.6. The standard InChI is InChI=1S/C16H22N2O2/c1-11(19)14-6-7-18(10-14)16(20)15-8-12-4-2-3-5-13(12)9-17-15/h2-5,11,14-15,17,19H,6-10H2,1H3. The van der Waals surface area contributed by atoms with Gasteiger partial charge in [-0.2, -0.15) is 0 Å². The first kappa shape index (κ1) is 13.6. The fraction of sp³-hybridized carbons (Fsp3) is 0.562. The average molecular weight is 274 g/mol. The third-order valence-corrected chi connectivity index (χ3v) is 4.60. The van der Waals surface area contributed by atoms with Crippen molar-refractivity contribution in [3.63, 3.8) is 0 Å². The van der Waals surface area contributed by atoms with Crippen LogP contribution in [0.5, 0.6) is 0 Å². The number of nitrogens with zero attached hydrogens (tertiary/aromatic N) is 1. The number of amides is 1. The van der Waals surface area contributed by atoms with E-state index in [4.69, 9.17) is 0 Å². The largest absolute Gasteiger partial charge is 0.393 e. The number of aliphatic hydroxyl groups is 1. The maximum Gasteiger partial charge on any atom is 0.240 e. The number of hydrogen-bond acceptors (Lipinski definition) is 3. The summed E-state index contributed by atoms with van der Waals surface area (Å²) in [5, 5.41) is 13.0. The molecule has 1 fully saturated rings. The topological polar surface area (TPSA) is 52.6 Å².